The normalized spacial score (nSPS) is 17.3. The van der Waals surface area contributed by atoms with Crippen LogP contribution in [0.2, 0.25) is 0 Å². The maximum Gasteiger partial charge on any atom is 0.0870 e. The molecule has 0 unspecified atom stereocenters. The van der Waals surface area contributed by atoms with E-state index in [1.165, 1.54) is 0 Å². The number of thiocarbonyl (C=S) groups is 1. The molecule has 1 aliphatic rings. The van der Waals surface area contributed by atoms with Crippen LogP contribution in [0.25, 0.3) is 0 Å². The number of hydrogen-bond donors (Lipinski definition) is 2. The zero-order valence-electron chi connectivity index (χ0n) is 6.78. The predicted molar refractivity (Wildman–Crippen MR) is 60.6 cm³/mol. The molecule has 0 bridgehead atoms. The molecule has 12 heavy (non-hydrogen) atoms. The maximum atomic E-state index is 5.39. The van der Waals surface area contributed by atoms with Gasteiger partial charge in [-0.25, -0.2) is 0 Å². The summed E-state index contributed by atoms with van der Waals surface area (Å²) in [5, 5.41) is 3.26. The molecule has 0 spiro atoms. The van der Waals surface area contributed by atoms with E-state index in [0.29, 0.717) is 4.99 Å². The van der Waals surface area contributed by atoms with Gasteiger partial charge in [-0.3, -0.25) is 4.90 Å². The monoisotopic (exact) mass is 231 g/mol. The lowest BCUT2D eigenvalue weighted by Crippen LogP contribution is -2.46. The number of piperazine rings is 1. The van der Waals surface area contributed by atoms with Crippen molar-refractivity contribution in [2.24, 2.45) is 5.73 Å². The number of rotatable bonds is 2. The molecule has 1 aliphatic heterocycles. The zero-order chi connectivity index (χ0) is 7.40. The highest BCUT2D eigenvalue weighted by molar-refractivity contribution is 7.80. The van der Waals surface area contributed by atoms with Crippen molar-refractivity contribution in [2.45, 2.75) is 0 Å². The van der Waals surface area contributed by atoms with Crippen LogP contribution in [0.1, 0.15) is 0 Å². The third-order valence-electron chi connectivity index (χ3n) is 1.59. The highest BCUT2D eigenvalue weighted by atomic mass is 35.5. The highest BCUT2D eigenvalue weighted by Gasteiger charge is 2.08. The Labute approximate surface area is 90.9 Å². The Kier molecular flexibility index (Phi) is 9.94. The Hall–Kier alpha value is 0.390. The van der Waals surface area contributed by atoms with Gasteiger partial charge in [0, 0.05) is 32.7 Å². The number of halogens is 2. The molecule has 3 nitrogen and oxygen atoms in total. The number of hydrogen-bond acceptors (Lipinski definition) is 3. The van der Waals surface area contributed by atoms with Gasteiger partial charge in [0.2, 0.25) is 0 Å². The molecule has 0 aliphatic carbocycles. The molecule has 1 heterocycles. The zero-order valence-corrected chi connectivity index (χ0v) is 9.23. The molecular formula is C6H15Cl2N3S. The van der Waals surface area contributed by atoms with Gasteiger partial charge >= 0.3 is 0 Å². The SMILES string of the molecule is Cl.Cl.NC(=S)CN1CCNCC1. The molecule has 0 aromatic carbocycles. The Morgan fingerprint density at radius 3 is 2.25 bits per heavy atom. The summed E-state index contributed by atoms with van der Waals surface area (Å²) in [4.78, 5) is 2.86. The second kappa shape index (κ2) is 8.01. The van der Waals surface area contributed by atoms with Crippen molar-refractivity contribution >= 4 is 42.0 Å². The van der Waals surface area contributed by atoms with Crippen molar-refractivity contribution in [3.63, 3.8) is 0 Å². The fraction of sp³-hybridized carbons (Fsp3) is 0.833. The van der Waals surface area contributed by atoms with Crippen molar-refractivity contribution in [1.82, 2.24) is 10.2 Å². The Morgan fingerprint density at radius 1 is 1.33 bits per heavy atom. The van der Waals surface area contributed by atoms with Gasteiger partial charge in [-0.2, -0.15) is 0 Å². The fourth-order valence-electron chi connectivity index (χ4n) is 1.09. The van der Waals surface area contributed by atoms with Crippen LogP contribution in [0.15, 0.2) is 0 Å². The van der Waals surface area contributed by atoms with E-state index < -0.39 is 0 Å². The van der Waals surface area contributed by atoms with Gasteiger partial charge in [0.05, 0.1) is 4.99 Å². The summed E-state index contributed by atoms with van der Waals surface area (Å²) in [5.41, 5.74) is 5.39. The molecular weight excluding hydrogens is 217 g/mol. The molecule has 0 radical (unpaired) electrons. The van der Waals surface area contributed by atoms with Crippen LogP contribution in [-0.4, -0.2) is 42.6 Å². The number of nitrogens with zero attached hydrogens (tertiary/aromatic N) is 1. The van der Waals surface area contributed by atoms with E-state index in [0.717, 1.165) is 32.7 Å². The van der Waals surface area contributed by atoms with E-state index in [9.17, 15) is 0 Å². The molecule has 0 atom stereocenters. The highest BCUT2D eigenvalue weighted by Crippen LogP contribution is 1.90. The van der Waals surface area contributed by atoms with Crippen LogP contribution in [0.3, 0.4) is 0 Å². The van der Waals surface area contributed by atoms with Crippen molar-refractivity contribution in [3.05, 3.63) is 0 Å². The van der Waals surface area contributed by atoms with Gasteiger partial charge in [-0.1, -0.05) is 12.2 Å². The van der Waals surface area contributed by atoms with Gasteiger partial charge < -0.3 is 11.1 Å². The first kappa shape index (κ1) is 14.9. The van der Waals surface area contributed by atoms with Gasteiger partial charge in [0.25, 0.3) is 0 Å². The average Bonchev–Trinajstić information content (AvgIpc) is 1.88. The minimum atomic E-state index is 0. The van der Waals surface area contributed by atoms with Crippen molar-refractivity contribution in [1.29, 1.82) is 0 Å². The first-order valence-corrected chi connectivity index (χ1v) is 3.91. The van der Waals surface area contributed by atoms with Gasteiger partial charge in [-0.05, 0) is 0 Å². The maximum absolute atomic E-state index is 5.39. The number of nitrogens with one attached hydrogen (secondary N) is 1. The summed E-state index contributed by atoms with van der Waals surface area (Å²) >= 11 is 4.79. The Bertz CT molecular complexity index is 128. The second-order valence-electron chi connectivity index (χ2n) is 2.49. The lowest BCUT2D eigenvalue weighted by molar-refractivity contribution is 0.272. The van der Waals surface area contributed by atoms with Gasteiger partial charge in [0.1, 0.15) is 0 Å². The van der Waals surface area contributed by atoms with Crippen molar-refractivity contribution in [2.75, 3.05) is 32.7 Å². The molecule has 0 amide bonds. The first-order valence-electron chi connectivity index (χ1n) is 3.50. The fourth-order valence-corrected chi connectivity index (χ4v) is 1.27. The van der Waals surface area contributed by atoms with Crippen LogP contribution in [0.4, 0.5) is 0 Å². The standard InChI is InChI=1S/C6H13N3S.2ClH/c7-6(10)5-9-3-1-8-2-4-9;;/h8H,1-5H2,(H2,7,10);2*1H. The smallest absolute Gasteiger partial charge is 0.0870 e. The molecule has 0 aromatic heterocycles. The van der Waals surface area contributed by atoms with Crippen LogP contribution in [0, 0.1) is 0 Å². The van der Waals surface area contributed by atoms with E-state index in [2.05, 4.69) is 10.2 Å². The van der Waals surface area contributed by atoms with Gasteiger partial charge in [0.15, 0.2) is 0 Å². The van der Waals surface area contributed by atoms with Crippen LogP contribution >= 0.6 is 37.0 Å². The lowest BCUT2D eigenvalue weighted by atomic mass is 10.3. The largest absolute Gasteiger partial charge is 0.392 e. The van der Waals surface area contributed by atoms with Crippen LogP contribution in [0.5, 0.6) is 0 Å². The quantitative estimate of drug-likeness (QED) is 0.659. The molecule has 6 heteroatoms. The summed E-state index contributed by atoms with van der Waals surface area (Å²) in [6, 6.07) is 0. The third-order valence-corrected chi connectivity index (χ3v) is 1.72. The van der Waals surface area contributed by atoms with Crippen LogP contribution < -0.4 is 11.1 Å². The van der Waals surface area contributed by atoms with Crippen molar-refractivity contribution < 1.29 is 0 Å². The number of nitrogens with two attached hydrogens (primary N) is 1. The molecule has 1 saturated heterocycles. The van der Waals surface area contributed by atoms with Gasteiger partial charge in [-0.15, -0.1) is 24.8 Å². The van der Waals surface area contributed by atoms with Crippen LogP contribution in [-0.2, 0) is 0 Å². The summed E-state index contributed by atoms with van der Waals surface area (Å²) < 4.78 is 0. The molecule has 0 aromatic rings. The summed E-state index contributed by atoms with van der Waals surface area (Å²) in [6.45, 7) is 5.02. The predicted octanol–water partition coefficient (Wildman–Crippen LogP) is 0.0213. The average molecular weight is 232 g/mol. The molecule has 0 saturated carbocycles. The second-order valence-corrected chi connectivity index (χ2v) is 3.02. The topological polar surface area (TPSA) is 41.3 Å². The Morgan fingerprint density at radius 2 is 1.83 bits per heavy atom. The summed E-state index contributed by atoms with van der Waals surface area (Å²) in [7, 11) is 0. The lowest BCUT2D eigenvalue weighted by Gasteiger charge is -2.26. The minimum Gasteiger partial charge on any atom is -0.392 e. The molecule has 1 fully saturated rings. The minimum absolute atomic E-state index is 0. The van der Waals surface area contributed by atoms with E-state index in [-0.39, 0.29) is 24.8 Å². The molecule has 1 rings (SSSR count). The van der Waals surface area contributed by atoms with E-state index >= 15 is 0 Å². The third kappa shape index (κ3) is 5.97. The first-order chi connectivity index (χ1) is 4.79. The molecule has 3 N–H and O–H groups in total. The summed E-state index contributed by atoms with van der Waals surface area (Å²) in [5.74, 6) is 0. The Balaban J connectivity index is 0. The van der Waals surface area contributed by atoms with E-state index in [4.69, 9.17) is 18.0 Å². The summed E-state index contributed by atoms with van der Waals surface area (Å²) in [6.07, 6.45) is 0. The van der Waals surface area contributed by atoms with E-state index in [1.54, 1.807) is 0 Å². The van der Waals surface area contributed by atoms with E-state index in [1.807, 2.05) is 0 Å². The van der Waals surface area contributed by atoms with Crippen molar-refractivity contribution in [3.8, 4) is 0 Å². The molecule has 74 valence electrons.